The third kappa shape index (κ3) is 2.87. The van der Waals surface area contributed by atoms with E-state index in [0.29, 0.717) is 17.9 Å². The Morgan fingerprint density at radius 2 is 2.13 bits per heavy atom. The van der Waals surface area contributed by atoms with Crippen LogP contribution >= 0.6 is 0 Å². The average Bonchev–Trinajstić information content (AvgIpc) is 2.20. The smallest absolute Gasteiger partial charge is 0.411 e. The monoisotopic (exact) mass is 208 g/mol. The van der Waals surface area contributed by atoms with Crippen LogP contribution in [0.4, 0.5) is 16.2 Å². The van der Waals surface area contributed by atoms with Gasteiger partial charge in [-0.1, -0.05) is 25.5 Å². The molecule has 0 heterocycles. The van der Waals surface area contributed by atoms with E-state index in [0.717, 1.165) is 12.8 Å². The standard InChI is InChI=1S/C11H16N2O2/c1-2-3-8-13(11(14)15)10-7-5-4-6-9(10)12/h4-7H,2-3,8,12H2,1H3,(H,14,15). The molecule has 15 heavy (non-hydrogen) atoms. The SMILES string of the molecule is CCCCN(C(=O)O)c1ccccc1N. The summed E-state index contributed by atoms with van der Waals surface area (Å²) in [5.74, 6) is 0. The molecule has 0 saturated carbocycles. The number of amides is 1. The van der Waals surface area contributed by atoms with Crippen LogP contribution in [0.25, 0.3) is 0 Å². The van der Waals surface area contributed by atoms with Gasteiger partial charge in [-0.2, -0.15) is 0 Å². The van der Waals surface area contributed by atoms with Gasteiger partial charge in [0.1, 0.15) is 0 Å². The maximum Gasteiger partial charge on any atom is 0.411 e. The molecule has 0 bridgehead atoms. The molecule has 0 saturated heterocycles. The summed E-state index contributed by atoms with van der Waals surface area (Å²) in [4.78, 5) is 12.3. The summed E-state index contributed by atoms with van der Waals surface area (Å²) in [6.07, 6.45) is 0.832. The first-order valence-corrected chi connectivity index (χ1v) is 5.01. The molecule has 3 N–H and O–H groups in total. The zero-order valence-corrected chi connectivity index (χ0v) is 8.81. The predicted octanol–water partition coefficient (Wildman–Crippen LogP) is 2.55. The number of carboxylic acid groups (broad SMARTS) is 1. The first-order valence-electron chi connectivity index (χ1n) is 5.01. The predicted molar refractivity (Wildman–Crippen MR) is 61.1 cm³/mol. The number of rotatable bonds is 4. The summed E-state index contributed by atoms with van der Waals surface area (Å²) in [5.41, 5.74) is 6.79. The molecule has 1 aromatic rings. The molecule has 0 fully saturated rings. The second kappa shape index (κ2) is 5.24. The number of nitrogens with zero attached hydrogens (tertiary/aromatic N) is 1. The largest absolute Gasteiger partial charge is 0.465 e. The Balaban J connectivity index is 2.89. The minimum atomic E-state index is -0.957. The van der Waals surface area contributed by atoms with E-state index in [1.165, 1.54) is 4.90 Å². The van der Waals surface area contributed by atoms with E-state index in [2.05, 4.69) is 0 Å². The zero-order chi connectivity index (χ0) is 11.3. The Bertz CT molecular complexity index is 339. The number of unbranched alkanes of at least 4 members (excludes halogenated alkanes) is 1. The lowest BCUT2D eigenvalue weighted by Crippen LogP contribution is -2.30. The fraction of sp³-hybridized carbons (Fsp3) is 0.364. The maximum atomic E-state index is 11.0. The molecule has 0 radical (unpaired) electrons. The highest BCUT2D eigenvalue weighted by Crippen LogP contribution is 2.22. The fourth-order valence-corrected chi connectivity index (χ4v) is 1.37. The van der Waals surface area contributed by atoms with E-state index >= 15 is 0 Å². The summed E-state index contributed by atoms with van der Waals surface area (Å²) < 4.78 is 0. The number of nitrogen functional groups attached to an aromatic ring is 1. The van der Waals surface area contributed by atoms with Gasteiger partial charge in [0.15, 0.2) is 0 Å². The Hall–Kier alpha value is -1.71. The number of nitrogens with two attached hydrogens (primary N) is 1. The highest BCUT2D eigenvalue weighted by molar-refractivity contribution is 5.90. The molecular formula is C11H16N2O2. The van der Waals surface area contributed by atoms with Gasteiger partial charge < -0.3 is 10.8 Å². The Morgan fingerprint density at radius 3 is 2.67 bits per heavy atom. The van der Waals surface area contributed by atoms with Gasteiger partial charge in [-0.3, -0.25) is 4.90 Å². The molecule has 0 aromatic heterocycles. The minimum Gasteiger partial charge on any atom is -0.465 e. The molecule has 1 aromatic carbocycles. The number of para-hydroxylation sites is 2. The van der Waals surface area contributed by atoms with Gasteiger partial charge in [0, 0.05) is 6.54 Å². The van der Waals surface area contributed by atoms with Gasteiger partial charge in [0.05, 0.1) is 11.4 Å². The van der Waals surface area contributed by atoms with Gasteiger partial charge in [-0.05, 0) is 18.6 Å². The lowest BCUT2D eigenvalue weighted by Gasteiger charge is -2.20. The van der Waals surface area contributed by atoms with Crippen LogP contribution in [0.3, 0.4) is 0 Å². The van der Waals surface area contributed by atoms with Crippen LogP contribution in [-0.4, -0.2) is 17.7 Å². The quantitative estimate of drug-likeness (QED) is 0.747. The van der Waals surface area contributed by atoms with Crippen LogP contribution in [0.5, 0.6) is 0 Å². The van der Waals surface area contributed by atoms with Crippen molar-refractivity contribution < 1.29 is 9.90 Å². The van der Waals surface area contributed by atoms with E-state index < -0.39 is 6.09 Å². The van der Waals surface area contributed by atoms with Crippen LogP contribution in [-0.2, 0) is 0 Å². The van der Waals surface area contributed by atoms with Gasteiger partial charge in [0.25, 0.3) is 0 Å². The van der Waals surface area contributed by atoms with Crippen molar-refractivity contribution in [3.63, 3.8) is 0 Å². The normalized spacial score (nSPS) is 9.93. The summed E-state index contributed by atoms with van der Waals surface area (Å²) in [6, 6.07) is 7.00. The Morgan fingerprint density at radius 1 is 1.47 bits per heavy atom. The molecular weight excluding hydrogens is 192 g/mol. The molecule has 0 aliphatic heterocycles. The molecule has 1 amide bonds. The number of benzene rings is 1. The summed E-state index contributed by atoms with van der Waals surface area (Å²) >= 11 is 0. The van der Waals surface area contributed by atoms with Crippen molar-refractivity contribution in [3.05, 3.63) is 24.3 Å². The van der Waals surface area contributed by atoms with Gasteiger partial charge in [-0.15, -0.1) is 0 Å². The van der Waals surface area contributed by atoms with Gasteiger partial charge in [0.2, 0.25) is 0 Å². The third-order valence-electron chi connectivity index (χ3n) is 2.19. The lowest BCUT2D eigenvalue weighted by molar-refractivity contribution is 0.201. The second-order valence-corrected chi connectivity index (χ2v) is 3.35. The first kappa shape index (κ1) is 11.4. The van der Waals surface area contributed by atoms with Crippen molar-refractivity contribution in [1.82, 2.24) is 0 Å². The Labute approximate surface area is 89.3 Å². The molecule has 0 unspecified atom stereocenters. The summed E-state index contributed by atoms with van der Waals surface area (Å²) in [7, 11) is 0. The molecule has 82 valence electrons. The van der Waals surface area contributed by atoms with Crippen molar-refractivity contribution in [3.8, 4) is 0 Å². The lowest BCUT2D eigenvalue weighted by atomic mass is 10.2. The van der Waals surface area contributed by atoms with Gasteiger partial charge in [-0.25, -0.2) is 4.79 Å². The van der Waals surface area contributed by atoms with E-state index in [1.54, 1.807) is 24.3 Å². The zero-order valence-electron chi connectivity index (χ0n) is 8.81. The van der Waals surface area contributed by atoms with Crippen LogP contribution in [0, 0.1) is 0 Å². The van der Waals surface area contributed by atoms with Crippen LogP contribution < -0.4 is 10.6 Å². The van der Waals surface area contributed by atoms with Crippen LogP contribution in [0.1, 0.15) is 19.8 Å². The highest BCUT2D eigenvalue weighted by Gasteiger charge is 2.15. The summed E-state index contributed by atoms with van der Waals surface area (Å²) in [6.45, 7) is 2.51. The van der Waals surface area contributed by atoms with Crippen molar-refractivity contribution in [2.24, 2.45) is 0 Å². The van der Waals surface area contributed by atoms with E-state index in [-0.39, 0.29) is 0 Å². The second-order valence-electron chi connectivity index (χ2n) is 3.35. The number of hydrogen-bond donors (Lipinski definition) is 2. The summed E-state index contributed by atoms with van der Waals surface area (Å²) in [5, 5.41) is 9.05. The maximum absolute atomic E-state index is 11.0. The van der Waals surface area contributed by atoms with Crippen LogP contribution in [0.2, 0.25) is 0 Å². The van der Waals surface area contributed by atoms with Crippen molar-refractivity contribution >= 4 is 17.5 Å². The number of carbonyl (C=O) groups is 1. The van der Waals surface area contributed by atoms with E-state index in [4.69, 9.17) is 10.8 Å². The van der Waals surface area contributed by atoms with Crippen LogP contribution in [0.15, 0.2) is 24.3 Å². The fourth-order valence-electron chi connectivity index (χ4n) is 1.37. The van der Waals surface area contributed by atoms with E-state index in [1.807, 2.05) is 6.92 Å². The molecule has 0 aliphatic rings. The topological polar surface area (TPSA) is 66.6 Å². The molecule has 0 aliphatic carbocycles. The molecule has 0 spiro atoms. The van der Waals surface area contributed by atoms with Crippen molar-refractivity contribution in [2.45, 2.75) is 19.8 Å². The Kier molecular flexibility index (Phi) is 3.97. The highest BCUT2D eigenvalue weighted by atomic mass is 16.4. The molecule has 0 atom stereocenters. The molecule has 4 nitrogen and oxygen atoms in total. The molecule has 1 rings (SSSR count). The van der Waals surface area contributed by atoms with E-state index in [9.17, 15) is 4.79 Å². The third-order valence-corrected chi connectivity index (χ3v) is 2.19. The number of hydrogen-bond acceptors (Lipinski definition) is 2. The van der Waals surface area contributed by atoms with Crippen molar-refractivity contribution in [1.29, 1.82) is 0 Å². The van der Waals surface area contributed by atoms with Gasteiger partial charge >= 0.3 is 6.09 Å². The average molecular weight is 208 g/mol. The first-order chi connectivity index (χ1) is 7.16. The molecule has 4 heteroatoms. The minimum absolute atomic E-state index is 0.486. The number of anilines is 2. The van der Waals surface area contributed by atoms with Crippen molar-refractivity contribution in [2.75, 3.05) is 17.2 Å².